The Kier molecular flexibility index (Phi) is 5.37. The molecule has 2 aliphatic heterocycles. The van der Waals surface area contributed by atoms with Gasteiger partial charge in [0.1, 0.15) is 5.75 Å². The highest BCUT2D eigenvalue weighted by atomic mass is 16.3. The van der Waals surface area contributed by atoms with Crippen LogP contribution in [0.5, 0.6) is 5.75 Å². The number of pyridine rings is 1. The van der Waals surface area contributed by atoms with Gasteiger partial charge in [-0.2, -0.15) is 0 Å². The number of amides is 2. The SMILES string of the molecule is C[C@@]12C[C@H]3[C@@H](Cc4ccccc4)N[C@@H]1CCC[C@@H]2N3C(=O)CNC(=O)c1cncc(O)c1. The average Bonchev–Trinajstić information content (AvgIpc) is 3.10. The van der Waals surface area contributed by atoms with E-state index in [-0.39, 0.29) is 47.3 Å². The van der Waals surface area contributed by atoms with E-state index in [2.05, 4.69) is 51.7 Å². The Balaban J connectivity index is 1.34. The van der Waals surface area contributed by atoms with Gasteiger partial charge in [-0.3, -0.25) is 14.6 Å². The molecule has 5 rings (SSSR count). The molecule has 3 aliphatic rings. The molecule has 1 aromatic carbocycles. The normalized spacial score (nSPS) is 30.7. The lowest BCUT2D eigenvalue weighted by molar-refractivity contribution is -0.134. The number of piperidine rings is 1. The number of benzene rings is 1. The number of carbonyl (C=O) groups is 2. The fourth-order valence-electron chi connectivity index (χ4n) is 6.22. The summed E-state index contributed by atoms with van der Waals surface area (Å²) in [4.78, 5) is 31.9. The number of nitrogens with zero attached hydrogens (tertiary/aromatic N) is 2. The lowest BCUT2D eigenvalue weighted by Crippen LogP contribution is -2.58. The topological polar surface area (TPSA) is 94.6 Å². The summed E-state index contributed by atoms with van der Waals surface area (Å²) in [6.45, 7) is 2.27. The molecule has 1 aromatic heterocycles. The predicted molar refractivity (Wildman–Crippen MR) is 120 cm³/mol. The summed E-state index contributed by atoms with van der Waals surface area (Å²) in [5, 5.41) is 16.2. The van der Waals surface area contributed by atoms with Crippen molar-refractivity contribution in [1.82, 2.24) is 20.5 Å². The summed E-state index contributed by atoms with van der Waals surface area (Å²) in [7, 11) is 0. The van der Waals surface area contributed by atoms with Crippen molar-refractivity contribution >= 4 is 11.8 Å². The van der Waals surface area contributed by atoms with Gasteiger partial charge in [0.2, 0.25) is 5.91 Å². The number of carbonyl (C=O) groups excluding carboxylic acids is 2. The van der Waals surface area contributed by atoms with Gasteiger partial charge >= 0.3 is 0 Å². The molecular weight excluding hydrogens is 404 g/mol. The van der Waals surface area contributed by atoms with E-state index < -0.39 is 5.91 Å². The van der Waals surface area contributed by atoms with E-state index >= 15 is 0 Å². The van der Waals surface area contributed by atoms with E-state index in [1.165, 1.54) is 24.0 Å². The monoisotopic (exact) mass is 434 g/mol. The predicted octanol–water partition coefficient (Wildman–Crippen LogP) is 2.26. The molecule has 1 saturated carbocycles. The van der Waals surface area contributed by atoms with Crippen molar-refractivity contribution in [1.29, 1.82) is 0 Å². The van der Waals surface area contributed by atoms with Gasteiger partial charge in [-0.25, -0.2) is 0 Å². The molecule has 3 N–H and O–H groups in total. The van der Waals surface area contributed by atoms with Crippen LogP contribution < -0.4 is 10.6 Å². The third-order valence-electron chi connectivity index (χ3n) is 7.72. The Morgan fingerprint density at radius 1 is 1.25 bits per heavy atom. The molecule has 2 aromatic rings. The Bertz CT molecular complexity index is 1010. The van der Waals surface area contributed by atoms with Crippen LogP contribution >= 0.6 is 0 Å². The fraction of sp³-hybridized carbons (Fsp3) is 0.480. The average molecular weight is 435 g/mol. The summed E-state index contributed by atoms with van der Waals surface area (Å²) in [6.07, 6.45) is 7.81. The zero-order valence-electron chi connectivity index (χ0n) is 18.3. The van der Waals surface area contributed by atoms with Gasteiger partial charge in [-0.15, -0.1) is 0 Å². The second-order valence-corrected chi connectivity index (χ2v) is 9.65. The van der Waals surface area contributed by atoms with Crippen molar-refractivity contribution in [2.45, 2.75) is 63.2 Å². The van der Waals surface area contributed by atoms with E-state index in [1.54, 1.807) is 0 Å². The van der Waals surface area contributed by atoms with Gasteiger partial charge in [-0.05, 0) is 43.7 Å². The van der Waals surface area contributed by atoms with Crippen LogP contribution in [0.3, 0.4) is 0 Å². The number of aromatic hydroxyl groups is 1. The highest BCUT2D eigenvalue weighted by Gasteiger charge is 2.60. The number of rotatable bonds is 5. The first kappa shape index (κ1) is 20.9. The lowest BCUT2D eigenvalue weighted by atomic mass is 9.65. The molecule has 7 heteroatoms. The van der Waals surface area contributed by atoms with Crippen LogP contribution in [0.1, 0.15) is 48.5 Å². The molecule has 3 fully saturated rings. The summed E-state index contributed by atoms with van der Waals surface area (Å²) in [5.41, 5.74) is 1.59. The zero-order chi connectivity index (χ0) is 22.3. The summed E-state index contributed by atoms with van der Waals surface area (Å²) in [5.74, 6) is -0.517. The molecule has 2 bridgehead atoms. The number of likely N-dealkylation sites (tertiary alicyclic amines) is 1. The summed E-state index contributed by atoms with van der Waals surface area (Å²) in [6, 6.07) is 12.7. The van der Waals surface area contributed by atoms with Crippen LogP contribution in [0.4, 0.5) is 0 Å². The second-order valence-electron chi connectivity index (χ2n) is 9.65. The number of nitrogens with one attached hydrogen (secondary N) is 2. The summed E-state index contributed by atoms with van der Waals surface area (Å²) < 4.78 is 0. The van der Waals surface area contributed by atoms with Crippen LogP contribution in [-0.4, -0.2) is 57.5 Å². The zero-order valence-corrected chi connectivity index (χ0v) is 18.3. The smallest absolute Gasteiger partial charge is 0.253 e. The third kappa shape index (κ3) is 3.64. The standard InChI is InChI=1S/C25H30N4O3/c1-25-12-20-19(10-16-6-3-2-4-7-16)28-21(25)8-5-9-22(25)29(20)23(31)15-27-24(32)17-11-18(30)14-26-13-17/h2-4,6-7,11,13-14,19-22,28,30H,5,8-10,12,15H2,1H3,(H,27,32)/t19-,20+,21-,22+,25-/m1/s1. The van der Waals surface area contributed by atoms with Crippen molar-refractivity contribution in [2.24, 2.45) is 5.41 Å². The fourth-order valence-corrected chi connectivity index (χ4v) is 6.22. The molecule has 2 amide bonds. The highest BCUT2D eigenvalue weighted by molar-refractivity contribution is 5.96. The van der Waals surface area contributed by atoms with E-state index in [0.29, 0.717) is 6.04 Å². The Labute approximate surface area is 188 Å². The third-order valence-corrected chi connectivity index (χ3v) is 7.72. The Hall–Kier alpha value is -2.93. The number of fused-ring (bicyclic) bond motifs is 1. The molecule has 3 heterocycles. The van der Waals surface area contributed by atoms with E-state index in [1.807, 2.05) is 6.07 Å². The summed E-state index contributed by atoms with van der Waals surface area (Å²) >= 11 is 0. The van der Waals surface area contributed by atoms with Crippen molar-refractivity contribution in [3.63, 3.8) is 0 Å². The van der Waals surface area contributed by atoms with Gasteiger partial charge in [-0.1, -0.05) is 37.3 Å². The molecular formula is C25H30N4O3. The van der Waals surface area contributed by atoms with Crippen LogP contribution in [0, 0.1) is 5.41 Å². The molecule has 5 atom stereocenters. The van der Waals surface area contributed by atoms with Crippen molar-refractivity contribution in [3.05, 3.63) is 59.9 Å². The number of hydrogen-bond donors (Lipinski definition) is 3. The largest absolute Gasteiger partial charge is 0.506 e. The molecule has 1 aliphatic carbocycles. The molecule has 0 unspecified atom stereocenters. The maximum Gasteiger partial charge on any atom is 0.253 e. The molecule has 7 nitrogen and oxygen atoms in total. The first-order valence-electron chi connectivity index (χ1n) is 11.5. The number of aromatic nitrogens is 1. The van der Waals surface area contributed by atoms with Gasteiger partial charge in [0.15, 0.2) is 0 Å². The molecule has 0 spiro atoms. The van der Waals surface area contributed by atoms with Gasteiger partial charge in [0.05, 0.1) is 18.3 Å². The maximum atomic E-state index is 13.4. The molecule has 0 radical (unpaired) electrons. The van der Waals surface area contributed by atoms with Gasteiger partial charge in [0.25, 0.3) is 5.91 Å². The second kappa shape index (κ2) is 8.20. The van der Waals surface area contributed by atoms with Crippen LogP contribution in [0.15, 0.2) is 48.8 Å². The van der Waals surface area contributed by atoms with E-state index in [4.69, 9.17) is 0 Å². The Morgan fingerprint density at radius 2 is 2.06 bits per heavy atom. The van der Waals surface area contributed by atoms with Crippen molar-refractivity contribution in [2.75, 3.05) is 6.54 Å². The minimum absolute atomic E-state index is 0.0346. The molecule has 32 heavy (non-hydrogen) atoms. The van der Waals surface area contributed by atoms with Crippen LogP contribution in [0.25, 0.3) is 0 Å². The first-order valence-corrected chi connectivity index (χ1v) is 11.5. The lowest BCUT2D eigenvalue weighted by Gasteiger charge is -2.46. The highest BCUT2D eigenvalue weighted by Crippen LogP contribution is 2.53. The quantitative estimate of drug-likeness (QED) is 0.671. The van der Waals surface area contributed by atoms with Gasteiger partial charge < -0.3 is 20.6 Å². The van der Waals surface area contributed by atoms with Crippen LogP contribution in [0.2, 0.25) is 0 Å². The Morgan fingerprint density at radius 3 is 2.84 bits per heavy atom. The van der Waals surface area contributed by atoms with E-state index in [0.717, 1.165) is 32.1 Å². The minimum atomic E-state index is -0.407. The van der Waals surface area contributed by atoms with Crippen molar-refractivity contribution < 1.29 is 14.7 Å². The first-order chi connectivity index (χ1) is 15.5. The minimum Gasteiger partial charge on any atom is -0.506 e. The maximum absolute atomic E-state index is 13.4. The molecule has 168 valence electrons. The molecule has 2 saturated heterocycles. The van der Waals surface area contributed by atoms with Crippen molar-refractivity contribution in [3.8, 4) is 5.75 Å². The van der Waals surface area contributed by atoms with Crippen LogP contribution in [-0.2, 0) is 11.2 Å². The van der Waals surface area contributed by atoms with E-state index in [9.17, 15) is 14.7 Å². The number of hydrogen-bond acceptors (Lipinski definition) is 5. The van der Waals surface area contributed by atoms with Gasteiger partial charge in [0, 0.05) is 35.8 Å².